The van der Waals surface area contributed by atoms with Crippen molar-refractivity contribution in [2.45, 2.75) is 271 Å². The Hall–Kier alpha value is -1.30. The van der Waals surface area contributed by atoms with Gasteiger partial charge in [0.2, 0.25) is 0 Å². The van der Waals surface area contributed by atoms with Crippen LogP contribution in [0, 0.1) is 0 Å². The molecule has 0 heterocycles. The molecule has 0 amide bonds. The summed E-state index contributed by atoms with van der Waals surface area (Å²) in [4.78, 5) is 27.7. The Labute approximate surface area is 396 Å². The number of carbonyl (C=O) groups excluding carboxylic acids is 2. The molecule has 382 valence electrons. The number of unbranched alkanes of at least 4 members (excludes halogenated alkanes) is 25. The highest BCUT2D eigenvalue weighted by molar-refractivity contribution is 5.69. The van der Waals surface area contributed by atoms with Crippen LogP contribution in [0.2, 0.25) is 0 Å². The normalized spacial score (nSPS) is 11.8. The number of carbonyl (C=O) groups is 2. The van der Waals surface area contributed by atoms with Crippen LogP contribution >= 0.6 is 0 Å². The van der Waals surface area contributed by atoms with Crippen molar-refractivity contribution in [1.82, 2.24) is 4.90 Å². The molecule has 64 heavy (non-hydrogen) atoms. The SMILES string of the molecule is CCCCCCCCOC(CCC(=O)OCCCCCN(CCCCO)CCCCCOC(=O)CCC(OCCCCCCCC)OCCCCCCCC)OCCCCCCCC. The van der Waals surface area contributed by atoms with Gasteiger partial charge in [-0.3, -0.25) is 9.59 Å². The van der Waals surface area contributed by atoms with Gasteiger partial charge in [-0.2, -0.15) is 0 Å². The van der Waals surface area contributed by atoms with Gasteiger partial charge in [-0.1, -0.05) is 156 Å². The fourth-order valence-electron chi connectivity index (χ4n) is 7.82. The molecule has 0 unspecified atom stereocenters. The molecular formula is C54H107NO9. The summed E-state index contributed by atoms with van der Waals surface area (Å²) in [6, 6.07) is 0. The molecule has 0 atom stereocenters. The second-order valence-corrected chi connectivity index (χ2v) is 18.3. The van der Waals surface area contributed by atoms with Gasteiger partial charge in [0.1, 0.15) is 0 Å². The Morgan fingerprint density at radius 1 is 0.359 bits per heavy atom. The van der Waals surface area contributed by atoms with Gasteiger partial charge in [0.15, 0.2) is 12.6 Å². The van der Waals surface area contributed by atoms with Crippen molar-refractivity contribution < 1.29 is 43.1 Å². The third kappa shape index (κ3) is 47.2. The highest BCUT2D eigenvalue weighted by Gasteiger charge is 2.15. The maximum atomic E-state index is 12.6. The monoisotopic (exact) mass is 914 g/mol. The Morgan fingerprint density at radius 2 is 0.625 bits per heavy atom. The van der Waals surface area contributed by atoms with Crippen LogP contribution in [0.25, 0.3) is 0 Å². The van der Waals surface area contributed by atoms with E-state index in [1.54, 1.807) is 0 Å². The molecular weight excluding hydrogens is 807 g/mol. The van der Waals surface area contributed by atoms with E-state index >= 15 is 0 Å². The third-order valence-electron chi connectivity index (χ3n) is 12.0. The summed E-state index contributed by atoms with van der Waals surface area (Å²) in [7, 11) is 0. The summed E-state index contributed by atoms with van der Waals surface area (Å²) < 4.78 is 35.6. The van der Waals surface area contributed by atoms with Gasteiger partial charge in [-0.25, -0.2) is 0 Å². The lowest BCUT2D eigenvalue weighted by molar-refractivity contribution is -0.159. The van der Waals surface area contributed by atoms with Crippen molar-refractivity contribution in [3.8, 4) is 0 Å². The quantitative estimate of drug-likeness (QED) is 0.0359. The zero-order valence-electron chi connectivity index (χ0n) is 42.8. The number of ether oxygens (including phenoxy) is 6. The number of esters is 2. The van der Waals surface area contributed by atoms with Gasteiger partial charge in [0, 0.05) is 45.9 Å². The van der Waals surface area contributed by atoms with Gasteiger partial charge in [-0.15, -0.1) is 0 Å². The van der Waals surface area contributed by atoms with E-state index in [4.69, 9.17) is 28.4 Å². The predicted octanol–water partition coefficient (Wildman–Crippen LogP) is 14.2. The van der Waals surface area contributed by atoms with E-state index < -0.39 is 0 Å². The molecule has 0 radical (unpaired) electrons. The van der Waals surface area contributed by atoms with E-state index in [9.17, 15) is 14.7 Å². The maximum Gasteiger partial charge on any atom is 0.305 e. The standard InChI is InChI=1S/C54H107NO9/c1-5-9-13-17-21-31-47-61-53(62-48-32-22-18-14-10-6-2)39-37-51(57)59-45-35-25-27-41-55(43-29-30-44-56)42-28-26-36-46-60-52(58)38-40-54(63-49-33-23-19-15-11-7-3)64-50-34-24-20-16-12-8-4/h53-54,56H,5-50H2,1-4H3. The minimum atomic E-state index is -0.340. The van der Waals surface area contributed by atoms with Crippen LogP contribution in [-0.2, 0) is 38.0 Å². The van der Waals surface area contributed by atoms with Gasteiger partial charge in [0.25, 0.3) is 0 Å². The van der Waals surface area contributed by atoms with Crippen molar-refractivity contribution in [2.75, 3.05) is 65.9 Å². The Bertz CT molecular complexity index is 836. The smallest absolute Gasteiger partial charge is 0.305 e. The highest BCUT2D eigenvalue weighted by atomic mass is 16.7. The molecule has 0 aliphatic rings. The molecule has 0 bridgehead atoms. The van der Waals surface area contributed by atoms with Crippen LogP contribution in [0.1, 0.15) is 259 Å². The number of aliphatic hydroxyl groups excluding tert-OH is 1. The average Bonchev–Trinajstić information content (AvgIpc) is 3.30. The van der Waals surface area contributed by atoms with Crippen molar-refractivity contribution in [2.24, 2.45) is 0 Å². The fourth-order valence-corrected chi connectivity index (χ4v) is 7.82. The van der Waals surface area contributed by atoms with Crippen molar-refractivity contribution in [3.05, 3.63) is 0 Å². The Kier molecular flexibility index (Phi) is 51.6. The third-order valence-corrected chi connectivity index (χ3v) is 12.0. The number of rotatable bonds is 54. The first-order chi connectivity index (χ1) is 31.5. The fraction of sp³-hybridized carbons (Fsp3) is 0.963. The lowest BCUT2D eigenvalue weighted by Gasteiger charge is -2.22. The molecule has 1 N–H and O–H groups in total. The van der Waals surface area contributed by atoms with Gasteiger partial charge >= 0.3 is 11.9 Å². The van der Waals surface area contributed by atoms with E-state index in [-0.39, 0.29) is 31.1 Å². The second-order valence-electron chi connectivity index (χ2n) is 18.3. The summed E-state index contributed by atoms with van der Waals surface area (Å²) in [5.41, 5.74) is 0. The molecule has 0 aromatic heterocycles. The van der Waals surface area contributed by atoms with Crippen LogP contribution in [0.5, 0.6) is 0 Å². The predicted molar refractivity (Wildman–Crippen MR) is 266 cm³/mol. The van der Waals surface area contributed by atoms with Crippen LogP contribution in [0.4, 0.5) is 0 Å². The van der Waals surface area contributed by atoms with Crippen LogP contribution < -0.4 is 0 Å². The molecule has 10 nitrogen and oxygen atoms in total. The molecule has 0 aromatic rings. The number of nitrogens with zero attached hydrogens (tertiary/aromatic N) is 1. The average molecular weight is 914 g/mol. The van der Waals surface area contributed by atoms with Crippen LogP contribution in [0.3, 0.4) is 0 Å². The Morgan fingerprint density at radius 3 is 0.938 bits per heavy atom. The summed E-state index contributed by atoms with van der Waals surface area (Å²) in [6.45, 7) is 15.8. The molecule has 0 saturated heterocycles. The van der Waals surface area contributed by atoms with Crippen LogP contribution in [0.15, 0.2) is 0 Å². The zero-order valence-corrected chi connectivity index (χ0v) is 42.8. The van der Waals surface area contributed by atoms with E-state index in [0.29, 0.717) is 65.3 Å². The molecule has 0 aliphatic carbocycles. The largest absolute Gasteiger partial charge is 0.466 e. The first kappa shape index (κ1) is 62.7. The first-order valence-electron chi connectivity index (χ1n) is 27.6. The van der Waals surface area contributed by atoms with Crippen LogP contribution in [-0.4, -0.2) is 100 Å². The lowest BCUT2D eigenvalue weighted by atomic mass is 10.1. The molecule has 0 aromatic carbocycles. The van der Waals surface area contributed by atoms with Crippen molar-refractivity contribution in [3.63, 3.8) is 0 Å². The maximum absolute atomic E-state index is 12.6. The minimum Gasteiger partial charge on any atom is -0.466 e. The van der Waals surface area contributed by atoms with E-state index in [0.717, 1.165) is 96.7 Å². The number of aliphatic hydroxyl groups is 1. The van der Waals surface area contributed by atoms with E-state index in [1.165, 1.54) is 128 Å². The summed E-state index contributed by atoms with van der Waals surface area (Å²) in [6.07, 6.45) is 37.9. The topological polar surface area (TPSA) is 113 Å². The summed E-state index contributed by atoms with van der Waals surface area (Å²) in [5.74, 6) is -0.338. The van der Waals surface area contributed by atoms with E-state index in [2.05, 4.69) is 32.6 Å². The van der Waals surface area contributed by atoms with Gasteiger partial charge in [0.05, 0.1) is 26.1 Å². The summed E-state index contributed by atoms with van der Waals surface area (Å²) >= 11 is 0. The molecule has 10 heteroatoms. The van der Waals surface area contributed by atoms with E-state index in [1.807, 2.05) is 0 Å². The molecule has 0 spiro atoms. The van der Waals surface area contributed by atoms with Gasteiger partial charge < -0.3 is 38.4 Å². The molecule has 0 saturated carbocycles. The van der Waals surface area contributed by atoms with Crippen molar-refractivity contribution >= 4 is 11.9 Å². The number of hydrogen-bond donors (Lipinski definition) is 1. The van der Waals surface area contributed by atoms with Gasteiger partial charge in [-0.05, 0) is 96.7 Å². The Balaban J connectivity index is 4.43. The summed E-state index contributed by atoms with van der Waals surface area (Å²) in [5, 5.41) is 9.35. The minimum absolute atomic E-state index is 0.169. The number of hydrogen-bond acceptors (Lipinski definition) is 10. The lowest BCUT2D eigenvalue weighted by Crippen LogP contribution is -2.27. The zero-order chi connectivity index (χ0) is 46.7. The molecule has 0 rings (SSSR count). The molecule has 0 fully saturated rings. The molecule has 0 aliphatic heterocycles. The van der Waals surface area contributed by atoms with Crippen molar-refractivity contribution in [1.29, 1.82) is 0 Å². The first-order valence-corrected chi connectivity index (χ1v) is 27.6. The highest BCUT2D eigenvalue weighted by Crippen LogP contribution is 2.15. The second kappa shape index (κ2) is 52.7.